The summed E-state index contributed by atoms with van der Waals surface area (Å²) in [5, 5.41) is 11.9. The molecule has 2 aromatic heterocycles. The monoisotopic (exact) mass is 405 g/mol. The predicted octanol–water partition coefficient (Wildman–Crippen LogP) is 3.76. The Morgan fingerprint density at radius 1 is 1.33 bits per heavy atom. The highest BCUT2D eigenvalue weighted by Crippen LogP contribution is 2.32. The minimum atomic E-state index is -0.638. The van der Waals surface area contributed by atoms with Crippen LogP contribution in [0, 0.1) is 0 Å². The average molecular weight is 406 g/mol. The number of hydrogen-bond acceptors (Lipinski definition) is 5. The third-order valence-electron chi connectivity index (χ3n) is 4.95. The fraction of sp³-hybridized carbons (Fsp3) is 0.421. The molecular weight excluding hydrogens is 382 g/mol. The molecule has 1 saturated heterocycles. The van der Waals surface area contributed by atoms with Crippen molar-refractivity contribution in [3.8, 4) is 0 Å². The molecule has 1 aromatic carbocycles. The van der Waals surface area contributed by atoms with Crippen molar-refractivity contribution in [2.24, 2.45) is 0 Å². The number of carbonyl (C=O) groups excluding carboxylic acids is 1. The number of benzene rings is 1. The molecule has 1 amide bonds. The van der Waals surface area contributed by atoms with Crippen molar-refractivity contribution in [1.29, 1.82) is 0 Å². The summed E-state index contributed by atoms with van der Waals surface area (Å²) in [6.07, 6.45) is 5.06. The minimum absolute atomic E-state index is 0. The number of piperidine rings is 1. The van der Waals surface area contributed by atoms with Crippen molar-refractivity contribution >= 4 is 45.6 Å². The van der Waals surface area contributed by atoms with Crippen LogP contribution >= 0.6 is 23.7 Å². The van der Waals surface area contributed by atoms with Gasteiger partial charge in [0.25, 0.3) is 5.91 Å². The number of nitrogens with one attached hydrogen (secondary N) is 2. The number of carbonyl (C=O) groups is 1. The van der Waals surface area contributed by atoms with Gasteiger partial charge in [-0.05, 0) is 50.2 Å². The van der Waals surface area contributed by atoms with Gasteiger partial charge in [0.2, 0.25) is 0 Å². The number of halogens is 1. The van der Waals surface area contributed by atoms with Gasteiger partial charge in [0.1, 0.15) is 5.54 Å². The first-order valence-corrected chi connectivity index (χ1v) is 9.83. The van der Waals surface area contributed by atoms with Crippen LogP contribution in [0.1, 0.15) is 37.6 Å². The molecule has 0 spiro atoms. The lowest BCUT2D eigenvalue weighted by molar-refractivity contribution is -0.126. The molecule has 0 aliphatic carbocycles. The van der Waals surface area contributed by atoms with Gasteiger partial charge in [-0.25, -0.2) is 4.98 Å². The van der Waals surface area contributed by atoms with Gasteiger partial charge in [-0.2, -0.15) is 5.10 Å². The number of thiazole rings is 1. The summed E-state index contributed by atoms with van der Waals surface area (Å²) in [5.41, 5.74) is 1.16. The average Bonchev–Trinajstić information content (AvgIpc) is 3.32. The first-order valence-electron chi connectivity index (χ1n) is 9.01. The standard InChI is InChI=1S/C19H23N5OS.ClH/c1-13(2)17-23-15-5-4-14(12-16(15)26-17)22-18(25)19(6-9-20-10-7-19)24-11-3-8-21-24;/h3-5,8,11-13,20H,6-7,9-10H2,1-2H3,(H,22,25);1H. The normalized spacial score (nSPS) is 16.3. The Hall–Kier alpha value is -1.96. The number of anilines is 1. The molecule has 0 unspecified atom stereocenters. The van der Waals surface area contributed by atoms with Crippen molar-refractivity contribution < 1.29 is 4.79 Å². The van der Waals surface area contributed by atoms with Crippen LogP contribution in [0.25, 0.3) is 10.2 Å². The summed E-state index contributed by atoms with van der Waals surface area (Å²) in [6, 6.07) is 7.81. The van der Waals surface area contributed by atoms with E-state index in [0.717, 1.165) is 46.8 Å². The number of fused-ring (bicyclic) bond motifs is 1. The molecule has 4 rings (SSSR count). The second kappa shape index (κ2) is 7.96. The second-order valence-corrected chi connectivity index (χ2v) is 8.14. The van der Waals surface area contributed by atoms with E-state index < -0.39 is 5.54 Å². The lowest BCUT2D eigenvalue weighted by Gasteiger charge is -2.36. The Morgan fingerprint density at radius 3 is 2.78 bits per heavy atom. The summed E-state index contributed by atoms with van der Waals surface area (Å²) in [5.74, 6) is 0.402. The zero-order valence-corrected chi connectivity index (χ0v) is 17.1. The van der Waals surface area contributed by atoms with Gasteiger partial charge in [-0.3, -0.25) is 9.48 Å². The van der Waals surface area contributed by atoms with Crippen molar-refractivity contribution in [3.63, 3.8) is 0 Å². The summed E-state index contributed by atoms with van der Waals surface area (Å²) in [4.78, 5) is 17.9. The molecule has 1 fully saturated rings. The number of amides is 1. The third-order valence-corrected chi connectivity index (χ3v) is 6.27. The summed E-state index contributed by atoms with van der Waals surface area (Å²) in [6.45, 7) is 5.90. The van der Waals surface area contributed by atoms with Crippen molar-refractivity contribution in [1.82, 2.24) is 20.1 Å². The van der Waals surface area contributed by atoms with Crippen LogP contribution in [-0.2, 0) is 10.3 Å². The lowest BCUT2D eigenvalue weighted by Crippen LogP contribution is -2.52. The van der Waals surface area contributed by atoms with E-state index in [-0.39, 0.29) is 18.3 Å². The number of nitrogens with zero attached hydrogens (tertiary/aromatic N) is 3. The van der Waals surface area contributed by atoms with Crippen LogP contribution in [0.3, 0.4) is 0 Å². The number of rotatable bonds is 4. The zero-order chi connectivity index (χ0) is 18.1. The maximum absolute atomic E-state index is 13.2. The Bertz CT molecular complexity index is 915. The molecule has 8 heteroatoms. The van der Waals surface area contributed by atoms with Gasteiger partial charge in [0.05, 0.1) is 15.2 Å². The van der Waals surface area contributed by atoms with Crippen molar-refractivity contribution in [3.05, 3.63) is 41.7 Å². The second-order valence-electron chi connectivity index (χ2n) is 7.08. The van der Waals surface area contributed by atoms with Gasteiger partial charge in [0, 0.05) is 24.0 Å². The molecule has 27 heavy (non-hydrogen) atoms. The van der Waals surface area contributed by atoms with Gasteiger partial charge in [-0.15, -0.1) is 23.7 Å². The molecule has 144 valence electrons. The van der Waals surface area contributed by atoms with E-state index in [0.29, 0.717) is 5.92 Å². The van der Waals surface area contributed by atoms with Gasteiger partial charge in [-0.1, -0.05) is 13.8 Å². The fourth-order valence-electron chi connectivity index (χ4n) is 3.44. The molecule has 0 bridgehead atoms. The SMILES string of the molecule is CC(C)c1nc2ccc(NC(=O)C3(n4cccn4)CCNCC3)cc2s1.Cl. The van der Waals surface area contributed by atoms with Crippen LogP contribution in [0.2, 0.25) is 0 Å². The van der Waals surface area contributed by atoms with E-state index in [4.69, 9.17) is 0 Å². The highest BCUT2D eigenvalue weighted by molar-refractivity contribution is 7.18. The summed E-state index contributed by atoms with van der Waals surface area (Å²) >= 11 is 1.69. The van der Waals surface area contributed by atoms with Crippen molar-refractivity contribution in [2.45, 2.75) is 38.1 Å². The zero-order valence-electron chi connectivity index (χ0n) is 15.4. The first-order chi connectivity index (χ1) is 12.6. The van der Waals surface area contributed by atoms with Crippen LogP contribution in [0.4, 0.5) is 5.69 Å². The molecule has 1 aliphatic rings. The summed E-state index contributed by atoms with van der Waals surface area (Å²) in [7, 11) is 0. The molecule has 2 N–H and O–H groups in total. The van der Waals surface area contributed by atoms with E-state index in [9.17, 15) is 4.79 Å². The number of hydrogen-bond donors (Lipinski definition) is 2. The molecule has 0 saturated carbocycles. The van der Waals surface area contributed by atoms with Gasteiger partial charge >= 0.3 is 0 Å². The van der Waals surface area contributed by atoms with Gasteiger partial charge < -0.3 is 10.6 Å². The molecule has 0 atom stereocenters. The lowest BCUT2D eigenvalue weighted by atomic mass is 9.87. The predicted molar refractivity (Wildman–Crippen MR) is 112 cm³/mol. The van der Waals surface area contributed by atoms with E-state index in [2.05, 4.69) is 34.6 Å². The van der Waals surface area contributed by atoms with Crippen LogP contribution in [-0.4, -0.2) is 33.8 Å². The van der Waals surface area contributed by atoms with Crippen LogP contribution in [0.5, 0.6) is 0 Å². The van der Waals surface area contributed by atoms with Gasteiger partial charge in [0.15, 0.2) is 0 Å². The molecular formula is C19H24ClN5OS. The molecule has 1 aliphatic heterocycles. The largest absolute Gasteiger partial charge is 0.324 e. The Kier molecular flexibility index (Phi) is 5.83. The Balaban J connectivity index is 0.00000210. The fourth-order valence-corrected chi connectivity index (χ4v) is 4.45. The maximum atomic E-state index is 13.2. The molecule has 3 aromatic rings. The van der Waals surface area contributed by atoms with Crippen molar-refractivity contribution in [2.75, 3.05) is 18.4 Å². The smallest absolute Gasteiger partial charge is 0.252 e. The van der Waals surface area contributed by atoms with E-state index >= 15 is 0 Å². The first kappa shape index (κ1) is 19.8. The third kappa shape index (κ3) is 3.72. The quantitative estimate of drug-likeness (QED) is 0.693. The van der Waals surface area contributed by atoms with E-state index in [1.165, 1.54) is 0 Å². The molecule has 6 nitrogen and oxygen atoms in total. The van der Waals surface area contributed by atoms with E-state index in [1.807, 2.05) is 35.1 Å². The minimum Gasteiger partial charge on any atom is -0.324 e. The maximum Gasteiger partial charge on any atom is 0.252 e. The molecule has 3 heterocycles. The highest BCUT2D eigenvalue weighted by Gasteiger charge is 2.42. The summed E-state index contributed by atoms with van der Waals surface area (Å²) < 4.78 is 2.91. The van der Waals surface area contributed by atoms with E-state index in [1.54, 1.807) is 17.5 Å². The Morgan fingerprint density at radius 2 is 2.11 bits per heavy atom. The van der Waals surface area contributed by atoms with Crippen LogP contribution in [0.15, 0.2) is 36.7 Å². The molecule has 0 radical (unpaired) electrons. The number of aromatic nitrogens is 3. The topological polar surface area (TPSA) is 71.8 Å². The Labute approximate surface area is 168 Å². The highest BCUT2D eigenvalue weighted by atomic mass is 35.5. The van der Waals surface area contributed by atoms with Crippen LogP contribution < -0.4 is 10.6 Å².